The zero-order valence-electron chi connectivity index (χ0n) is 16.6. The Balaban J connectivity index is 1.74. The van der Waals surface area contributed by atoms with Crippen molar-refractivity contribution in [3.63, 3.8) is 0 Å². The summed E-state index contributed by atoms with van der Waals surface area (Å²) in [5, 5.41) is 2.98. The Morgan fingerprint density at radius 1 is 1.13 bits per heavy atom. The SMILES string of the molecule is [C-]#[N+]c1cc(Cl)cc(Oc2c(Cl)ccc(OCC(=O)Nc3ccc(C)cc3C)c2F)c1. The second-order valence-corrected chi connectivity index (χ2v) is 7.55. The van der Waals surface area contributed by atoms with E-state index < -0.39 is 18.3 Å². The molecule has 0 radical (unpaired) electrons. The average molecular weight is 459 g/mol. The highest BCUT2D eigenvalue weighted by molar-refractivity contribution is 6.32. The first-order chi connectivity index (χ1) is 14.8. The Morgan fingerprint density at radius 3 is 2.61 bits per heavy atom. The maximum atomic E-state index is 14.9. The van der Waals surface area contributed by atoms with E-state index in [4.69, 9.17) is 39.2 Å². The highest BCUT2D eigenvalue weighted by Crippen LogP contribution is 2.38. The standard InChI is InChI=1S/C23H17Cl2FN2O3/c1-13-4-6-19(14(2)8-13)28-21(29)12-30-20-7-5-18(25)23(22(20)26)31-17-10-15(24)9-16(11-17)27-3/h4-11H,12H2,1-2H3,(H,28,29). The highest BCUT2D eigenvalue weighted by atomic mass is 35.5. The van der Waals surface area contributed by atoms with Crippen LogP contribution in [0.25, 0.3) is 4.85 Å². The third-order valence-corrected chi connectivity index (χ3v) is 4.75. The van der Waals surface area contributed by atoms with E-state index in [0.717, 1.165) is 11.1 Å². The predicted molar refractivity (Wildman–Crippen MR) is 119 cm³/mol. The third kappa shape index (κ3) is 5.66. The minimum absolute atomic E-state index is 0.00563. The molecule has 1 N–H and O–H groups in total. The molecular weight excluding hydrogens is 442 g/mol. The van der Waals surface area contributed by atoms with Gasteiger partial charge in [-0.1, -0.05) is 40.9 Å². The van der Waals surface area contributed by atoms with Crippen LogP contribution in [0.3, 0.4) is 0 Å². The zero-order valence-corrected chi connectivity index (χ0v) is 18.1. The van der Waals surface area contributed by atoms with Gasteiger partial charge in [0.15, 0.2) is 23.8 Å². The molecule has 3 aromatic carbocycles. The van der Waals surface area contributed by atoms with Gasteiger partial charge in [-0.15, -0.1) is 0 Å². The Hall–Kier alpha value is -3.27. The van der Waals surface area contributed by atoms with Crippen LogP contribution in [0.15, 0.2) is 48.5 Å². The monoisotopic (exact) mass is 458 g/mol. The Morgan fingerprint density at radius 2 is 1.90 bits per heavy atom. The van der Waals surface area contributed by atoms with E-state index in [1.807, 2.05) is 26.0 Å². The summed E-state index contributed by atoms with van der Waals surface area (Å²) in [5.74, 6) is -1.68. The third-order valence-electron chi connectivity index (χ3n) is 4.23. The number of halogens is 3. The molecule has 0 atom stereocenters. The lowest BCUT2D eigenvalue weighted by Gasteiger charge is -2.14. The van der Waals surface area contributed by atoms with Gasteiger partial charge in [0.25, 0.3) is 5.91 Å². The maximum Gasteiger partial charge on any atom is 0.262 e. The lowest BCUT2D eigenvalue weighted by atomic mass is 10.1. The first kappa shape index (κ1) is 22.4. The second kappa shape index (κ2) is 9.69. The van der Waals surface area contributed by atoms with Crippen LogP contribution in [0, 0.1) is 26.2 Å². The highest BCUT2D eigenvalue weighted by Gasteiger charge is 2.18. The van der Waals surface area contributed by atoms with Crippen molar-refractivity contribution in [2.75, 3.05) is 11.9 Å². The molecule has 0 spiro atoms. The summed E-state index contributed by atoms with van der Waals surface area (Å²) in [6.07, 6.45) is 0. The van der Waals surface area contributed by atoms with Gasteiger partial charge in [0.05, 0.1) is 11.6 Å². The quantitative estimate of drug-likeness (QED) is 0.400. The number of rotatable bonds is 6. The van der Waals surface area contributed by atoms with Crippen LogP contribution in [-0.2, 0) is 4.79 Å². The molecule has 5 nitrogen and oxygen atoms in total. The first-order valence-corrected chi connectivity index (χ1v) is 9.86. The Labute approximate surface area is 189 Å². The Bertz CT molecular complexity index is 1190. The summed E-state index contributed by atoms with van der Waals surface area (Å²) in [7, 11) is 0. The van der Waals surface area contributed by atoms with Crippen LogP contribution >= 0.6 is 23.2 Å². The van der Waals surface area contributed by atoms with Gasteiger partial charge in [-0.25, -0.2) is 4.85 Å². The van der Waals surface area contributed by atoms with Gasteiger partial charge in [0.2, 0.25) is 5.82 Å². The van der Waals surface area contributed by atoms with Crippen LogP contribution in [-0.4, -0.2) is 12.5 Å². The van der Waals surface area contributed by atoms with Gasteiger partial charge in [0.1, 0.15) is 5.75 Å². The number of aryl methyl sites for hydroxylation is 2. The number of nitrogens with zero attached hydrogens (tertiary/aromatic N) is 1. The number of carbonyl (C=O) groups is 1. The number of anilines is 1. The fourth-order valence-corrected chi connectivity index (χ4v) is 3.20. The molecular formula is C23H17Cl2FN2O3. The molecule has 0 heterocycles. The van der Waals surface area contributed by atoms with E-state index in [0.29, 0.717) is 5.69 Å². The number of benzene rings is 3. The minimum atomic E-state index is -0.879. The minimum Gasteiger partial charge on any atom is -0.481 e. The molecule has 158 valence electrons. The molecule has 3 aromatic rings. The number of amides is 1. The number of nitrogens with one attached hydrogen (secondary N) is 1. The predicted octanol–water partition coefficient (Wildman–Crippen LogP) is 7.11. The molecule has 0 aliphatic carbocycles. The Kier molecular flexibility index (Phi) is 7.01. The average Bonchev–Trinajstić information content (AvgIpc) is 2.72. The van der Waals surface area contributed by atoms with Gasteiger partial charge in [-0.05, 0) is 55.8 Å². The molecule has 8 heteroatoms. The summed E-state index contributed by atoms with van der Waals surface area (Å²) in [6, 6.07) is 12.6. The molecule has 1 amide bonds. The van der Waals surface area contributed by atoms with Crippen LogP contribution < -0.4 is 14.8 Å². The normalized spacial score (nSPS) is 10.3. The summed E-state index contributed by atoms with van der Waals surface area (Å²) in [4.78, 5) is 15.5. The lowest BCUT2D eigenvalue weighted by molar-refractivity contribution is -0.118. The first-order valence-electron chi connectivity index (χ1n) is 9.10. The fraction of sp³-hybridized carbons (Fsp3) is 0.130. The van der Waals surface area contributed by atoms with Crippen molar-refractivity contribution in [2.45, 2.75) is 13.8 Å². The van der Waals surface area contributed by atoms with Crippen LogP contribution in [0.4, 0.5) is 15.8 Å². The van der Waals surface area contributed by atoms with Crippen LogP contribution in [0.2, 0.25) is 10.0 Å². The molecule has 0 bridgehead atoms. The van der Waals surface area contributed by atoms with Gasteiger partial charge in [0, 0.05) is 10.7 Å². The van der Waals surface area contributed by atoms with Gasteiger partial charge in [-0.2, -0.15) is 4.39 Å². The van der Waals surface area contributed by atoms with E-state index in [9.17, 15) is 9.18 Å². The second-order valence-electron chi connectivity index (χ2n) is 6.70. The molecule has 3 rings (SSSR count). The number of hydrogen-bond donors (Lipinski definition) is 1. The number of ether oxygens (including phenoxy) is 2. The molecule has 0 aliphatic heterocycles. The van der Waals surface area contributed by atoms with Crippen LogP contribution in [0.5, 0.6) is 17.2 Å². The van der Waals surface area contributed by atoms with E-state index in [1.54, 1.807) is 6.07 Å². The molecule has 0 aliphatic rings. The molecule has 0 saturated carbocycles. The van der Waals surface area contributed by atoms with Crippen molar-refractivity contribution in [3.8, 4) is 17.2 Å². The van der Waals surface area contributed by atoms with E-state index >= 15 is 0 Å². The largest absolute Gasteiger partial charge is 0.481 e. The fourth-order valence-electron chi connectivity index (χ4n) is 2.79. The molecule has 0 saturated heterocycles. The van der Waals surface area contributed by atoms with Crippen molar-refractivity contribution in [1.82, 2.24) is 0 Å². The summed E-state index contributed by atoms with van der Waals surface area (Å²) in [6.45, 7) is 10.5. The summed E-state index contributed by atoms with van der Waals surface area (Å²) in [5.41, 5.74) is 2.86. The smallest absolute Gasteiger partial charge is 0.262 e. The van der Waals surface area contributed by atoms with Gasteiger partial charge < -0.3 is 14.8 Å². The topological polar surface area (TPSA) is 51.9 Å². The number of hydrogen-bond acceptors (Lipinski definition) is 3. The molecule has 0 unspecified atom stereocenters. The molecule has 0 fully saturated rings. The van der Waals surface area contributed by atoms with Crippen molar-refractivity contribution in [2.24, 2.45) is 0 Å². The van der Waals surface area contributed by atoms with E-state index in [-0.39, 0.29) is 33.0 Å². The summed E-state index contributed by atoms with van der Waals surface area (Å²) < 4.78 is 25.8. The van der Waals surface area contributed by atoms with Gasteiger partial charge in [-0.3, -0.25) is 4.79 Å². The lowest BCUT2D eigenvalue weighted by Crippen LogP contribution is -2.21. The molecule has 0 aromatic heterocycles. The van der Waals surface area contributed by atoms with E-state index in [2.05, 4.69) is 10.2 Å². The van der Waals surface area contributed by atoms with E-state index in [1.165, 1.54) is 30.3 Å². The van der Waals surface area contributed by atoms with Crippen molar-refractivity contribution in [3.05, 3.63) is 86.9 Å². The van der Waals surface area contributed by atoms with Crippen molar-refractivity contribution < 1.29 is 18.7 Å². The van der Waals surface area contributed by atoms with Gasteiger partial charge >= 0.3 is 0 Å². The number of carbonyl (C=O) groups excluding carboxylic acids is 1. The molecule has 31 heavy (non-hydrogen) atoms. The summed E-state index contributed by atoms with van der Waals surface area (Å²) >= 11 is 12.0. The maximum absolute atomic E-state index is 14.9. The van der Waals surface area contributed by atoms with Crippen molar-refractivity contribution >= 4 is 40.5 Å². The van der Waals surface area contributed by atoms with Crippen molar-refractivity contribution in [1.29, 1.82) is 0 Å². The van der Waals surface area contributed by atoms with Crippen LogP contribution in [0.1, 0.15) is 11.1 Å². The zero-order chi connectivity index (χ0) is 22.5.